The van der Waals surface area contributed by atoms with E-state index in [-0.39, 0.29) is 26.9 Å². The van der Waals surface area contributed by atoms with Gasteiger partial charge in [0.05, 0.1) is 20.4 Å². The standard InChI is InChI=1S/C18H20ClN3O5S/c1-4-21(5-2)28(26,27)17-10-13(7-6-12(17)3)20-18(23)15-9-8-14(22(24)25)11-16(15)19/h6-11H,4-5H2,1-3H3,(H,20,23). The van der Waals surface area contributed by atoms with Gasteiger partial charge in [-0.05, 0) is 30.7 Å². The van der Waals surface area contributed by atoms with Gasteiger partial charge in [0.1, 0.15) is 0 Å². The minimum Gasteiger partial charge on any atom is -0.322 e. The molecule has 0 unspecified atom stereocenters. The molecule has 10 heteroatoms. The summed E-state index contributed by atoms with van der Waals surface area (Å²) in [5, 5.41) is 13.3. The van der Waals surface area contributed by atoms with E-state index in [2.05, 4.69) is 5.32 Å². The molecule has 2 rings (SSSR count). The molecule has 0 fully saturated rings. The SMILES string of the molecule is CCN(CC)S(=O)(=O)c1cc(NC(=O)c2ccc([N+](=O)[O-])cc2Cl)ccc1C. The van der Waals surface area contributed by atoms with Gasteiger partial charge in [-0.1, -0.05) is 31.5 Å². The molecule has 150 valence electrons. The number of sulfonamides is 1. The van der Waals surface area contributed by atoms with Crippen molar-refractivity contribution in [3.05, 3.63) is 62.7 Å². The van der Waals surface area contributed by atoms with Crippen LogP contribution in [0, 0.1) is 17.0 Å². The van der Waals surface area contributed by atoms with Crippen molar-refractivity contribution >= 4 is 38.9 Å². The molecule has 0 bridgehead atoms. The number of carbonyl (C=O) groups is 1. The predicted molar refractivity (Wildman–Crippen MR) is 107 cm³/mol. The first kappa shape index (κ1) is 21.8. The fourth-order valence-electron chi connectivity index (χ4n) is 2.66. The smallest absolute Gasteiger partial charge is 0.270 e. The molecular weight excluding hydrogens is 406 g/mol. The highest BCUT2D eigenvalue weighted by Crippen LogP contribution is 2.26. The van der Waals surface area contributed by atoms with E-state index in [1.54, 1.807) is 32.9 Å². The fourth-order valence-corrected chi connectivity index (χ4v) is 4.63. The van der Waals surface area contributed by atoms with E-state index in [1.165, 1.54) is 22.5 Å². The van der Waals surface area contributed by atoms with E-state index in [0.29, 0.717) is 18.7 Å². The van der Waals surface area contributed by atoms with Crippen molar-refractivity contribution in [2.45, 2.75) is 25.7 Å². The van der Waals surface area contributed by atoms with Crippen LogP contribution in [0.3, 0.4) is 0 Å². The van der Waals surface area contributed by atoms with Crippen LogP contribution in [0.25, 0.3) is 0 Å². The number of halogens is 1. The van der Waals surface area contributed by atoms with Crippen LogP contribution >= 0.6 is 11.6 Å². The Morgan fingerprint density at radius 1 is 1.18 bits per heavy atom. The van der Waals surface area contributed by atoms with Crippen molar-refractivity contribution in [2.75, 3.05) is 18.4 Å². The molecule has 0 aromatic heterocycles. The molecule has 0 radical (unpaired) electrons. The number of rotatable bonds is 7. The lowest BCUT2D eigenvalue weighted by atomic mass is 10.1. The third-order valence-electron chi connectivity index (χ3n) is 4.18. The maximum atomic E-state index is 12.8. The molecule has 2 aromatic carbocycles. The number of nitro benzene ring substituents is 1. The van der Waals surface area contributed by atoms with E-state index in [9.17, 15) is 23.3 Å². The second-order valence-corrected chi connectivity index (χ2v) is 8.26. The Morgan fingerprint density at radius 3 is 2.36 bits per heavy atom. The van der Waals surface area contributed by atoms with E-state index in [0.717, 1.165) is 6.07 Å². The number of nitrogens with zero attached hydrogens (tertiary/aromatic N) is 2. The Bertz CT molecular complexity index is 1020. The first-order valence-corrected chi connectivity index (χ1v) is 10.3. The first-order valence-electron chi connectivity index (χ1n) is 8.47. The molecule has 1 amide bonds. The molecule has 0 atom stereocenters. The normalized spacial score (nSPS) is 11.5. The van der Waals surface area contributed by atoms with Gasteiger partial charge in [-0.15, -0.1) is 0 Å². The summed E-state index contributed by atoms with van der Waals surface area (Å²) in [6.45, 7) is 5.83. The highest BCUT2D eigenvalue weighted by molar-refractivity contribution is 7.89. The van der Waals surface area contributed by atoms with E-state index in [1.807, 2.05) is 0 Å². The van der Waals surface area contributed by atoms with Gasteiger partial charge in [0.2, 0.25) is 10.0 Å². The van der Waals surface area contributed by atoms with Gasteiger partial charge in [0, 0.05) is 30.9 Å². The molecule has 28 heavy (non-hydrogen) atoms. The van der Waals surface area contributed by atoms with Crippen LogP contribution < -0.4 is 5.32 Å². The zero-order valence-electron chi connectivity index (χ0n) is 15.6. The van der Waals surface area contributed by atoms with Crippen LogP contribution in [0.5, 0.6) is 0 Å². The predicted octanol–water partition coefficient (Wildman–Crippen LogP) is 3.84. The lowest BCUT2D eigenvalue weighted by Gasteiger charge is -2.20. The van der Waals surface area contributed by atoms with Crippen LogP contribution in [0.1, 0.15) is 29.8 Å². The van der Waals surface area contributed by atoms with Crippen LogP contribution in [-0.2, 0) is 10.0 Å². The summed E-state index contributed by atoms with van der Waals surface area (Å²) >= 11 is 5.97. The molecule has 8 nitrogen and oxygen atoms in total. The zero-order valence-corrected chi connectivity index (χ0v) is 17.2. The van der Waals surface area contributed by atoms with Crippen LogP contribution in [0.2, 0.25) is 5.02 Å². The summed E-state index contributed by atoms with van der Waals surface area (Å²) in [7, 11) is -3.70. The third kappa shape index (κ3) is 4.49. The van der Waals surface area contributed by atoms with Gasteiger partial charge in [-0.3, -0.25) is 14.9 Å². The maximum Gasteiger partial charge on any atom is 0.270 e. The highest BCUT2D eigenvalue weighted by atomic mass is 35.5. The molecular formula is C18H20ClN3O5S. The third-order valence-corrected chi connectivity index (χ3v) is 6.68. The largest absolute Gasteiger partial charge is 0.322 e. The van der Waals surface area contributed by atoms with Crippen molar-refractivity contribution in [3.63, 3.8) is 0 Å². The van der Waals surface area contributed by atoms with E-state index in [4.69, 9.17) is 11.6 Å². The highest BCUT2D eigenvalue weighted by Gasteiger charge is 2.24. The molecule has 0 saturated heterocycles. The molecule has 0 aliphatic carbocycles. The Labute approximate surface area is 168 Å². The van der Waals surface area contributed by atoms with Gasteiger partial charge in [0.15, 0.2) is 0 Å². The van der Waals surface area contributed by atoms with Gasteiger partial charge >= 0.3 is 0 Å². The topological polar surface area (TPSA) is 110 Å². The Balaban J connectivity index is 2.36. The van der Waals surface area contributed by atoms with Crippen molar-refractivity contribution in [2.24, 2.45) is 0 Å². The summed E-state index contributed by atoms with van der Waals surface area (Å²) in [5.74, 6) is -0.602. The molecule has 1 N–H and O–H groups in total. The number of nitrogens with one attached hydrogen (secondary N) is 1. The van der Waals surface area contributed by atoms with Gasteiger partial charge in [0.25, 0.3) is 11.6 Å². The lowest BCUT2D eigenvalue weighted by molar-refractivity contribution is -0.384. The van der Waals surface area contributed by atoms with Gasteiger partial charge in [-0.25, -0.2) is 8.42 Å². The van der Waals surface area contributed by atoms with Gasteiger partial charge < -0.3 is 5.32 Å². The lowest BCUT2D eigenvalue weighted by Crippen LogP contribution is -2.31. The van der Waals surface area contributed by atoms with Crippen molar-refractivity contribution in [1.82, 2.24) is 4.31 Å². The van der Waals surface area contributed by atoms with E-state index < -0.39 is 20.9 Å². The number of carbonyl (C=O) groups excluding carboxylic acids is 1. The molecule has 0 saturated carbocycles. The van der Waals surface area contributed by atoms with Crippen LogP contribution in [0.15, 0.2) is 41.3 Å². The van der Waals surface area contributed by atoms with Gasteiger partial charge in [-0.2, -0.15) is 4.31 Å². The first-order chi connectivity index (χ1) is 13.1. The van der Waals surface area contributed by atoms with Crippen molar-refractivity contribution < 1.29 is 18.1 Å². The Kier molecular flexibility index (Phi) is 6.76. The molecule has 0 aliphatic rings. The van der Waals surface area contributed by atoms with Crippen LogP contribution in [0.4, 0.5) is 11.4 Å². The second-order valence-electron chi connectivity index (χ2n) is 5.94. The quantitative estimate of drug-likeness (QED) is 0.535. The van der Waals surface area contributed by atoms with Crippen LogP contribution in [-0.4, -0.2) is 36.6 Å². The second kappa shape index (κ2) is 8.68. The molecule has 0 heterocycles. The summed E-state index contributed by atoms with van der Waals surface area (Å²) in [5.41, 5.74) is 0.638. The number of benzene rings is 2. The maximum absolute atomic E-state index is 12.8. The minimum atomic E-state index is -3.70. The molecule has 0 aliphatic heterocycles. The van der Waals surface area contributed by atoms with E-state index >= 15 is 0 Å². The zero-order chi connectivity index (χ0) is 21.1. The molecule has 0 spiro atoms. The number of amides is 1. The number of anilines is 1. The monoisotopic (exact) mass is 425 g/mol. The number of hydrogen-bond donors (Lipinski definition) is 1. The Morgan fingerprint density at radius 2 is 1.82 bits per heavy atom. The number of hydrogen-bond acceptors (Lipinski definition) is 5. The van der Waals surface area contributed by atoms with Crippen molar-refractivity contribution in [3.8, 4) is 0 Å². The minimum absolute atomic E-state index is 0.0426. The summed E-state index contributed by atoms with van der Waals surface area (Å²) < 4.78 is 26.9. The summed E-state index contributed by atoms with van der Waals surface area (Å²) in [4.78, 5) is 22.7. The number of nitro groups is 1. The number of non-ortho nitro benzene ring substituents is 1. The molecule has 2 aromatic rings. The average molecular weight is 426 g/mol. The van der Waals surface area contributed by atoms with Crippen molar-refractivity contribution in [1.29, 1.82) is 0 Å². The fraction of sp³-hybridized carbons (Fsp3) is 0.278. The Hall–Kier alpha value is -2.49. The number of aryl methyl sites for hydroxylation is 1. The average Bonchev–Trinajstić information content (AvgIpc) is 2.63. The summed E-state index contributed by atoms with van der Waals surface area (Å²) in [6.07, 6.45) is 0. The summed E-state index contributed by atoms with van der Waals surface area (Å²) in [6, 6.07) is 8.07.